The van der Waals surface area contributed by atoms with E-state index in [-0.39, 0.29) is 111 Å². The molecule has 2 aliphatic rings. The van der Waals surface area contributed by atoms with Crippen molar-refractivity contribution in [3.63, 3.8) is 0 Å². The molecule has 0 saturated heterocycles. The van der Waals surface area contributed by atoms with E-state index in [0.717, 1.165) is 24.3 Å². The van der Waals surface area contributed by atoms with Crippen LogP contribution in [0.1, 0.15) is 66.8 Å². The third kappa shape index (κ3) is 7.82. The molecule has 7 rings (SSSR count). The first-order valence-corrected chi connectivity index (χ1v) is 18.0. The van der Waals surface area contributed by atoms with Gasteiger partial charge >= 0.3 is 12.7 Å². The van der Waals surface area contributed by atoms with Crippen LogP contribution in [0.25, 0.3) is 44.6 Å². The molecule has 5 aromatic carbocycles. The van der Waals surface area contributed by atoms with Gasteiger partial charge in [0.25, 0.3) is 0 Å². The highest BCUT2D eigenvalue weighted by atomic mass is 19.4. The van der Waals surface area contributed by atoms with Crippen molar-refractivity contribution in [2.24, 2.45) is 0 Å². The predicted molar refractivity (Wildman–Crippen MR) is 214 cm³/mol. The molecule has 0 radical (unpaired) electrons. The summed E-state index contributed by atoms with van der Waals surface area (Å²) in [6, 6.07) is 35.6. The van der Waals surface area contributed by atoms with Crippen molar-refractivity contribution in [3.05, 3.63) is 164 Å². The van der Waals surface area contributed by atoms with Crippen LogP contribution in [0.2, 0.25) is 0 Å². The van der Waals surface area contributed by atoms with Crippen molar-refractivity contribution >= 4 is 44.6 Å². The molecule has 0 fully saturated rings. The van der Waals surface area contributed by atoms with Crippen LogP contribution in [0, 0.1) is 90.6 Å². The summed E-state index contributed by atoms with van der Waals surface area (Å²) < 4.78 is 87.1. The van der Waals surface area contributed by atoms with Crippen LogP contribution >= 0.6 is 0 Å². The fourth-order valence-corrected chi connectivity index (χ4v) is 7.52. The third-order valence-electron chi connectivity index (χ3n) is 9.90. The number of hydrogen-bond donors (Lipinski definition) is 0. The largest absolute Gasteiger partial charge is 0.573 e. The van der Waals surface area contributed by atoms with Gasteiger partial charge in [-0.2, -0.15) is 42.1 Å². The zero-order valence-electron chi connectivity index (χ0n) is 31.9. The first-order chi connectivity index (χ1) is 30.6. The molecule has 302 valence electrons. The van der Waals surface area contributed by atoms with E-state index >= 15 is 0 Å². The number of alkyl halides is 6. The summed E-state index contributed by atoms with van der Waals surface area (Å²) in [7, 11) is 0. The number of rotatable bonds is 6. The topological polar surface area (TPSA) is 209 Å². The van der Waals surface area contributed by atoms with Crippen molar-refractivity contribution in [1.82, 2.24) is 0 Å². The van der Waals surface area contributed by atoms with Gasteiger partial charge in [0.2, 0.25) is 0 Å². The molecule has 0 heterocycles. The Morgan fingerprint density at radius 1 is 0.391 bits per heavy atom. The Balaban J connectivity index is 1.61. The molecular formula is C48H16F6N8O2. The van der Waals surface area contributed by atoms with Crippen molar-refractivity contribution < 1.29 is 35.8 Å². The number of hydrogen-bond acceptors (Lipinski definition) is 10. The van der Waals surface area contributed by atoms with Gasteiger partial charge in [0.05, 0.1) is 68.8 Å². The molecule has 64 heavy (non-hydrogen) atoms. The van der Waals surface area contributed by atoms with Crippen molar-refractivity contribution in [2.45, 2.75) is 12.7 Å². The molecule has 5 aromatic rings. The molecule has 2 aliphatic carbocycles. The SMILES string of the molecule is N#CC1=C(c2ccc(OC(F)(F)F)cc2)/C(=C(\C#N)c2cc(C#N)cc(C#N)c2)c2cc3c(cc21)/C(=C(/C#N)c1cc(C#N)cc(C#N)c1)C(c1ccc(OC(F)(F)F)cc1)=C3C#N. The van der Waals surface area contributed by atoms with Gasteiger partial charge < -0.3 is 9.47 Å². The van der Waals surface area contributed by atoms with Crippen molar-refractivity contribution in [1.29, 1.82) is 42.1 Å². The summed E-state index contributed by atoms with van der Waals surface area (Å²) in [5, 5.41) is 82.7. The number of ether oxygens (including phenoxy) is 2. The maximum atomic E-state index is 13.2. The summed E-state index contributed by atoms with van der Waals surface area (Å²) in [6.45, 7) is 0. The standard InChI is InChI=1S/C48H16F6N8O2/c49-47(50,51)63-33-5-1-29(2-6-33)43-41(23-61)35-15-38-36(16-37(35)45(43)39(21-59)31-11-25(17-55)9-26(12-31)18-56)42(24-62)44(30-3-7-34(8-4-30)64-48(52,53)54)46(38)40(22-60)32-13-27(19-57)10-28(14-32)20-58/h1-16H/b45-39+,46-40+. The summed E-state index contributed by atoms with van der Waals surface area (Å²) in [5.74, 6) is -1.21. The Kier molecular flexibility index (Phi) is 10.8. The molecular weight excluding hydrogens is 835 g/mol. The van der Waals surface area contributed by atoms with E-state index in [1.807, 2.05) is 24.3 Å². The molecule has 16 heteroatoms. The van der Waals surface area contributed by atoms with Crippen molar-refractivity contribution in [2.75, 3.05) is 0 Å². The normalized spacial score (nSPS) is 14.2. The maximum absolute atomic E-state index is 13.2. The van der Waals surface area contributed by atoms with Gasteiger partial charge in [-0.05, 0) is 106 Å². The lowest BCUT2D eigenvalue weighted by Crippen LogP contribution is -2.17. The van der Waals surface area contributed by atoms with E-state index in [4.69, 9.17) is 0 Å². The van der Waals surface area contributed by atoms with Crippen LogP contribution in [-0.2, 0) is 0 Å². The third-order valence-corrected chi connectivity index (χ3v) is 9.90. The van der Waals surface area contributed by atoms with Gasteiger partial charge in [-0.25, -0.2) is 0 Å². The van der Waals surface area contributed by atoms with E-state index < -0.39 is 24.2 Å². The van der Waals surface area contributed by atoms with Gasteiger partial charge in [0.1, 0.15) is 35.8 Å². The molecule has 0 saturated carbocycles. The predicted octanol–water partition coefficient (Wildman–Crippen LogP) is 10.7. The fraction of sp³-hybridized carbons (Fsp3) is 0.0417. The number of nitrogens with zero attached hydrogens (tertiary/aromatic N) is 8. The lowest BCUT2D eigenvalue weighted by molar-refractivity contribution is -0.275. The number of allylic oxidation sites excluding steroid dienone is 8. The Morgan fingerprint density at radius 3 is 0.953 bits per heavy atom. The second-order valence-corrected chi connectivity index (χ2v) is 13.6. The number of halogens is 6. The van der Waals surface area contributed by atoms with Gasteiger partial charge in [-0.1, -0.05) is 24.3 Å². The summed E-state index contributed by atoms with van der Waals surface area (Å²) in [6.07, 6.45) is -10.1. The summed E-state index contributed by atoms with van der Waals surface area (Å²) in [4.78, 5) is 0. The highest BCUT2D eigenvalue weighted by Gasteiger charge is 2.38. The van der Waals surface area contributed by atoms with Crippen molar-refractivity contribution in [3.8, 4) is 60.1 Å². The van der Waals surface area contributed by atoms with Crippen LogP contribution in [0.3, 0.4) is 0 Å². The van der Waals surface area contributed by atoms with Crippen LogP contribution in [0.15, 0.2) is 97.1 Å². The lowest BCUT2D eigenvalue weighted by Gasteiger charge is -2.15. The number of fused-ring (bicyclic) bond motifs is 2. The van der Waals surface area contributed by atoms with E-state index in [0.29, 0.717) is 0 Å². The molecule has 0 amide bonds. The molecule has 0 aliphatic heterocycles. The van der Waals surface area contributed by atoms with Gasteiger partial charge in [-0.3, -0.25) is 0 Å². The monoisotopic (exact) mass is 850 g/mol. The summed E-state index contributed by atoms with van der Waals surface area (Å²) in [5.41, 5.74) is 0.0773. The molecule has 0 spiro atoms. The van der Waals surface area contributed by atoms with Gasteiger partial charge in [0, 0.05) is 33.4 Å². The first kappa shape index (κ1) is 42.3. The van der Waals surface area contributed by atoms with E-state index in [9.17, 15) is 68.4 Å². The minimum absolute atomic E-state index is 0.00568. The maximum Gasteiger partial charge on any atom is 0.573 e. The van der Waals surface area contributed by atoms with Gasteiger partial charge in [0.15, 0.2) is 0 Å². The van der Waals surface area contributed by atoms with E-state index in [1.165, 1.54) is 72.8 Å². The Hall–Kier alpha value is -9.84. The van der Waals surface area contributed by atoms with Crippen LogP contribution in [0.4, 0.5) is 26.3 Å². The Labute approximate surface area is 358 Å². The minimum Gasteiger partial charge on any atom is -0.406 e. The molecule has 10 nitrogen and oxygen atoms in total. The second kappa shape index (κ2) is 16.3. The molecule has 0 N–H and O–H groups in total. The second-order valence-electron chi connectivity index (χ2n) is 13.6. The minimum atomic E-state index is -5.05. The number of nitriles is 8. The average molecular weight is 851 g/mol. The average Bonchev–Trinajstić information content (AvgIpc) is 3.76. The molecule has 0 aromatic heterocycles. The number of benzene rings is 5. The van der Waals surface area contributed by atoms with E-state index in [2.05, 4.69) is 33.8 Å². The highest BCUT2D eigenvalue weighted by Crippen LogP contribution is 2.56. The van der Waals surface area contributed by atoms with Crippen LogP contribution < -0.4 is 9.47 Å². The Morgan fingerprint density at radius 2 is 0.703 bits per heavy atom. The highest BCUT2D eigenvalue weighted by molar-refractivity contribution is 6.34. The zero-order valence-corrected chi connectivity index (χ0v) is 31.9. The fourth-order valence-electron chi connectivity index (χ4n) is 7.52. The first-order valence-electron chi connectivity index (χ1n) is 18.0. The van der Waals surface area contributed by atoms with Crippen LogP contribution in [-0.4, -0.2) is 12.7 Å². The van der Waals surface area contributed by atoms with E-state index in [1.54, 1.807) is 0 Å². The quantitative estimate of drug-likeness (QED) is 0.117. The molecule has 0 unspecified atom stereocenters. The van der Waals surface area contributed by atoms with Crippen LogP contribution in [0.5, 0.6) is 11.5 Å². The summed E-state index contributed by atoms with van der Waals surface area (Å²) >= 11 is 0. The molecule has 0 atom stereocenters. The molecule has 0 bridgehead atoms. The zero-order chi connectivity index (χ0) is 46.1. The smallest absolute Gasteiger partial charge is 0.406 e. The van der Waals surface area contributed by atoms with Gasteiger partial charge in [-0.15, -0.1) is 26.3 Å². The Bertz CT molecular complexity index is 3080. The lowest BCUT2D eigenvalue weighted by atomic mass is 9.86.